The zero-order valence-electron chi connectivity index (χ0n) is 23.2. The van der Waals surface area contributed by atoms with Gasteiger partial charge in [-0.1, -0.05) is 23.2 Å². The van der Waals surface area contributed by atoms with Crippen LogP contribution in [0.1, 0.15) is 104 Å². The van der Waals surface area contributed by atoms with Crippen molar-refractivity contribution in [3.05, 3.63) is 45.5 Å². The van der Waals surface area contributed by atoms with E-state index in [4.69, 9.17) is 23.2 Å². The van der Waals surface area contributed by atoms with Crippen molar-refractivity contribution < 1.29 is 32.7 Å². The van der Waals surface area contributed by atoms with Gasteiger partial charge in [-0.15, -0.1) is 0 Å². The first kappa shape index (κ1) is 30.8. The van der Waals surface area contributed by atoms with Crippen molar-refractivity contribution in [3.8, 4) is 0 Å². The molecule has 13 heteroatoms. The average Bonchev–Trinajstić information content (AvgIpc) is 3.52. The van der Waals surface area contributed by atoms with Crippen LogP contribution in [0.5, 0.6) is 0 Å². The number of rotatable bonds is 8. The Kier molecular flexibility index (Phi) is 8.39. The van der Waals surface area contributed by atoms with Gasteiger partial charge in [0.15, 0.2) is 11.5 Å². The molecule has 0 aliphatic heterocycles. The third kappa shape index (κ3) is 6.18. The van der Waals surface area contributed by atoms with Crippen LogP contribution >= 0.6 is 23.2 Å². The maximum atomic E-state index is 14.6. The maximum Gasteiger partial charge on any atom is 0.433 e. The number of alkyl halides is 3. The molecule has 5 rings (SSSR count). The third-order valence-corrected chi connectivity index (χ3v) is 10.1. The normalized spacial score (nSPS) is 24.0. The highest BCUT2D eigenvalue weighted by molar-refractivity contribution is 6.39. The van der Waals surface area contributed by atoms with E-state index in [0.717, 1.165) is 36.6 Å². The first-order valence-corrected chi connectivity index (χ1v) is 15.0. The minimum absolute atomic E-state index is 0.0114. The molecule has 1 spiro atoms. The lowest BCUT2D eigenvalue weighted by molar-refractivity contribution is -0.152. The van der Waals surface area contributed by atoms with Crippen LogP contribution in [0.3, 0.4) is 0 Å². The van der Waals surface area contributed by atoms with E-state index in [9.17, 15) is 32.7 Å². The number of aromatic nitrogens is 3. The molecule has 8 nitrogen and oxygen atoms in total. The highest BCUT2D eigenvalue weighted by Crippen LogP contribution is 2.57. The zero-order valence-corrected chi connectivity index (χ0v) is 24.7. The summed E-state index contributed by atoms with van der Waals surface area (Å²) >= 11 is 12.4. The van der Waals surface area contributed by atoms with Crippen LogP contribution in [0.15, 0.2) is 18.6 Å². The number of carbonyl (C=O) groups excluding carboxylic acids is 2. The molecule has 3 aliphatic carbocycles. The number of aliphatic carboxylic acids is 1. The number of hydrogen-bond donors (Lipinski definition) is 1. The molecule has 1 amide bonds. The summed E-state index contributed by atoms with van der Waals surface area (Å²) in [7, 11) is 0. The van der Waals surface area contributed by atoms with Gasteiger partial charge in [0.2, 0.25) is 0 Å². The molecule has 228 valence electrons. The molecule has 0 aromatic carbocycles. The highest BCUT2D eigenvalue weighted by Gasteiger charge is 2.47. The second kappa shape index (κ2) is 11.4. The van der Waals surface area contributed by atoms with Gasteiger partial charge in [0, 0.05) is 18.9 Å². The minimum Gasteiger partial charge on any atom is -0.481 e. The van der Waals surface area contributed by atoms with Crippen LogP contribution < -0.4 is 0 Å². The first-order valence-electron chi connectivity index (χ1n) is 14.2. The Hall–Kier alpha value is -2.66. The lowest BCUT2D eigenvalue weighted by atomic mass is 9.74. The monoisotopic (exact) mass is 628 g/mol. The highest BCUT2D eigenvalue weighted by atomic mass is 35.5. The van der Waals surface area contributed by atoms with Crippen molar-refractivity contribution in [2.24, 2.45) is 16.7 Å². The predicted octanol–water partition coefficient (Wildman–Crippen LogP) is 7.11. The van der Waals surface area contributed by atoms with Gasteiger partial charge in [0.1, 0.15) is 0 Å². The summed E-state index contributed by atoms with van der Waals surface area (Å²) in [6.45, 7) is 1.19. The Morgan fingerprint density at radius 2 is 1.60 bits per heavy atom. The number of carboxylic acid groups (broad SMARTS) is 1. The number of Topliss-reactive ketones (excluding diaryl/α,β-unsaturated/α-hetero) is 1. The van der Waals surface area contributed by atoms with Gasteiger partial charge < -0.3 is 10.0 Å². The van der Waals surface area contributed by atoms with Crippen LogP contribution in [0, 0.1) is 16.7 Å². The molecule has 2 heterocycles. The molecular formula is C29H33Cl2F3N4O4. The minimum atomic E-state index is -4.91. The van der Waals surface area contributed by atoms with Crippen LogP contribution in [0.25, 0.3) is 0 Å². The van der Waals surface area contributed by atoms with Crippen LogP contribution in [-0.4, -0.2) is 55.5 Å². The lowest BCUT2D eigenvalue weighted by Gasteiger charge is -2.35. The summed E-state index contributed by atoms with van der Waals surface area (Å²) in [6, 6.07) is -0.715. The molecule has 2 aromatic heterocycles. The first-order chi connectivity index (χ1) is 19.7. The van der Waals surface area contributed by atoms with Crippen molar-refractivity contribution >= 4 is 40.9 Å². The number of carboxylic acids is 1. The van der Waals surface area contributed by atoms with Gasteiger partial charge in [-0.25, -0.2) is 0 Å². The number of carbonyl (C=O) groups is 3. The fourth-order valence-corrected chi connectivity index (χ4v) is 7.13. The summed E-state index contributed by atoms with van der Waals surface area (Å²) < 4.78 is 44.5. The van der Waals surface area contributed by atoms with E-state index in [0.29, 0.717) is 5.41 Å². The largest absolute Gasteiger partial charge is 0.481 e. The zero-order chi connectivity index (χ0) is 30.4. The maximum absolute atomic E-state index is 14.6. The summed E-state index contributed by atoms with van der Waals surface area (Å²) in [6.07, 6.45) is 5.22. The summed E-state index contributed by atoms with van der Waals surface area (Å²) in [5, 5.41) is 13.5. The fourth-order valence-electron chi connectivity index (χ4n) is 6.56. The van der Waals surface area contributed by atoms with Crippen molar-refractivity contribution in [2.75, 3.05) is 13.1 Å². The van der Waals surface area contributed by atoms with E-state index in [1.54, 1.807) is 6.92 Å². The smallest absolute Gasteiger partial charge is 0.433 e. The molecule has 42 heavy (non-hydrogen) atoms. The molecule has 0 saturated heterocycles. The second-order valence-electron chi connectivity index (χ2n) is 12.5. The van der Waals surface area contributed by atoms with Crippen LogP contribution in [0.4, 0.5) is 13.2 Å². The number of pyridine rings is 1. The van der Waals surface area contributed by atoms with Gasteiger partial charge in [0.05, 0.1) is 45.4 Å². The van der Waals surface area contributed by atoms with Gasteiger partial charge >= 0.3 is 12.1 Å². The van der Waals surface area contributed by atoms with Gasteiger partial charge in [-0.3, -0.25) is 24.0 Å². The number of hydrogen-bond acceptors (Lipinski definition) is 5. The van der Waals surface area contributed by atoms with Crippen molar-refractivity contribution in [2.45, 2.75) is 83.4 Å². The molecule has 1 N–H and O–H groups in total. The van der Waals surface area contributed by atoms with E-state index in [1.165, 1.54) is 30.1 Å². The third-order valence-electron chi connectivity index (χ3n) is 9.57. The van der Waals surface area contributed by atoms with Crippen molar-refractivity contribution in [1.82, 2.24) is 19.7 Å². The van der Waals surface area contributed by atoms with Gasteiger partial charge in [-0.05, 0) is 82.5 Å². The molecule has 0 unspecified atom stereocenters. The average molecular weight is 630 g/mol. The Morgan fingerprint density at radius 1 is 1.00 bits per heavy atom. The molecule has 3 fully saturated rings. The number of amides is 1. The van der Waals surface area contributed by atoms with E-state index < -0.39 is 53.1 Å². The Bertz CT molecular complexity index is 1350. The summed E-state index contributed by atoms with van der Waals surface area (Å²) in [5.41, 5.74) is -2.51. The SMILES string of the molecule is CC1(C(=O)O)CCC(n2ncc(C(=O)N(CC(=O)c3c(Cl)cncc3Cl)CC3CCC4(CC3)CC4)c2C(F)(F)F)CC1. The second-order valence-corrected chi connectivity index (χ2v) is 13.3. The molecule has 3 aliphatic rings. The molecule has 3 saturated carbocycles. The van der Waals surface area contributed by atoms with E-state index in [2.05, 4.69) is 10.1 Å². The van der Waals surface area contributed by atoms with Gasteiger partial charge in [-0.2, -0.15) is 18.3 Å². The standard InChI is InChI=1S/C29H33Cl2F3N4O4/c1-27(26(41)42)6-4-18(5-7-27)38-24(29(32,33)34)19(12-36-38)25(40)37(15-17-2-8-28(9-3-17)10-11-28)16-22(39)23-20(30)13-35-14-21(23)31/h12-14,17-18H,2-11,15-16H2,1H3,(H,41,42). The fraction of sp³-hybridized carbons (Fsp3) is 0.621. The topological polar surface area (TPSA) is 105 Å². The Balaban J connectivity index is 1.44. The Morgan fingerprint density at radius 3 is 2.12 bits per heavy atom. The van der Waals surface area contributed by atoms with Crippen LogP contribution in [-0.2, 0) is 11.0 Å². The van der Waals surface area contributed by atoms with E-state index in [-0.39, 0.29) is 53.8 Å². The lowest BCUT2D eigenvalue weighted by Crippen LogP contribution is -2.41. The molecular weight excluding hydrogens is 596 g/mol. The van der Waals surface area contributed by atoms with E-state index in [1.807, 2.05) is 0 Å². The quantitative estimate of drug-likeness (QED) is 0.312. The summed E-state index contributed by atoms with van der Waals surface area (Å²) in [5.74, 6) is -2.50. The molecule has 0 radical (unpaired) electrons. The number of ketones is 1. The molecule has 0 bridgehead atoms. The number of halogens is 5. The van der Waals surface area contributed by atoms with Gasteiger partial charge in [0.25, 0.3) is 5.91 Å². The molecule has 2 aromatic rings. The summed E-state index contributed by atoms with van der Waals surface area (Å²) in [4.78, 5) is 43.9. The molecule has 0 atom stereocenters. The van der Waals surface area contributed by atoms with Crippen LogP contribution in [0.2, 0.25) is 10.0 Å². The van der Waals surface area contributed by atoms with Crippen molar-refractivity contribution in [3.63, 3.8) is 0 Å². The predicted molar refractivity (Wildman–Crippen MR) is 149 cm³/mol. The number of nitrogens with zero attached hydrogens (tertiary/aromatic N) is 4. The van der Waals surface area contributed by atoms with Crippen molar-refractivity contribution in [1.29, 1.82) is 0 Å². The van der Waals surface area contributed by atoms with E-state index >= 15 is 0 Å². The Labute approximate surface area is 251 Å².